The SMILES string of the molecule is COc1ccc2c(c1)[C@]13CCCC[C@H]1[C@H](C2)N(CCc1ccc2c(c1)OCO2)CC3.O=C(O)[C@H](O)[C@@H](O)C(=O)O. The van der Waals surface area contributed by atoms with Gasteiger partial charge in [0.05, 0.1) is 7.11 Å². The van der Waals surface area contributed by atoms with Crippen molar-refractivity contribution in [2.24, 2.45) is 5.92 Å². The van der Waals surface area contributed by atoms with E-state index in [2.05, 4.69) is 41.3 Å². The average Bonchev–Trinajstić information content (AvgIpc) is 3.44. The standard InChI is InChI=1S/C26H31NO3.C4H6O6/c1-28-20-7-6-19-15-23-21-4-2-3-10-26(21,22(19)16-20)11-13-27(23)12-9-18-5-8-24-25(14-18)30-17-29-24;5-1(3(7)8)2(6)4(9)10/h5-8,14,16,21,23H,2-4,9-13,15,17H2,1H3;1-2,5-6H,(H,7,8)(H,9,10)/t21-,23-,26-;1-,2-/m01/s1. The molecule has 4 aliphatic rings. The number of carboxylic acid groups (broad SMARTS) is 2. The van der Waals surface area contributed by atoms with Crippen LogP contribution < -0.4 is 14.2 Å². The van der Waals surface area contributed by atoms with Gasteiger partial charge in [-0.05, 0) is 85.5 Å². The summed E-state index contributed by atoms with van der Waals surface area (Å²) in [6, 6.07) is 14.0. The van der Waals surface area contributed by atoms with Crippen LogP contribution in [0.4, 0.5) is 0 Å². The number of ether oxygens (including phenoxy) is 3. The van der Waals surface area contributed by atoms with Crippen LogP contribution in [0.1, 0.15) is 48.8 Å². The minimum atomic E-state index is -2.27. The predicted molar refractivity (Wildman–Crippen MR) is 144 cm³/mol. The van der Waals surface area contributed by atoms with Crippen molar-refractivity contribution in [1.82, 2.24) is 4.90 Å². The lowest BCUT2D eigenvalue weighted by Gasteiger charge is -2.59. The minimum Gasteiger partial charge on any atom is -0.497 e. The Bertz CT molecular complexity index is 1230. The van der Waals surface area contributed by atoms with Crippen LogP contribution in [0.25, 0.3) is 0 Å². The maximum atomic E-state index is 9.77. The van der Waals surface area contributed by atoms with E-state index >= 15 is 0 Å². The van der Waals surface area contributed by atoms with Crippen molar-refractivity contribution in [3.05, 3.63) is 53.1 Å². The van der Waals surface area contributed by atoms with Crippen LogP contribution >= 0.6 is 0 Å². The van der Waals surface area contributed by atoms with Gasteiger partial charge in [0.1, 0.15) is 5.75 Å². The number of nitrogens with zero attached hydrogens (tertiary/aromatic N) is 1. The van der Waals surface area contributed by atoms with E-state index in [1.807, 2.05) is 0 Å². The fourth-order valence-corrected chi connectivity index (χ4v) is 7.11. The van der Waals surface area contributed by atoms with Gasteiger partial charge in [0.15, 0.2) is 23.7 Å². The van der Waals surface area contributed by atoms with Crippen molar-refractivity contribution in [2.45, 2.75) is 68.6 Å². The fourth-order valence-electron chi connectivity index (χ4n) is 7.11. The Morgan fingerprint density at radius 1 is 1.02 bits per heavy atom. The van der Waals surface area contributed by atoms with E-state index in [9.17, 15) is 9.59 Å². The zero-order valence-electron chi connectivity index (χ0n) is 22.6. The number of carboxylic acids is 2. The second-order valence-electron chi connectivity index (χ2n) is 11.1. The Hall–Kier alpha value is -3.34. The number of rotatable bonds is 7. The molecule has 0 spiro atoms. The van der Waals surface area contributed by atoms with Gasteiger partial charge in [-0.2, -0.15) is 0 Å². The highest BCUT2D eigenvalue weighted by Gasteiger charge is 2.53. The molecule has 0 amide bonds. The number of hydrogen-bond donors (Lipinski definition) is 4. The zero-order valence-corrected chi connectivity index (χ0v) is 22.6. The molecule has 216 valence electrons. The van der Waals surface area contributed by atoms with E-state index in [0.717, 1.165) is 36.1 Å². The van der Waals surface area contributed by atoms with Crippen molar-refractivity contribution < 1.29 is 44.2 Å². The van der Waals surface area contributed by atoms with E-state index in [4.69, 9.17) is 34.6 Å². The van der Waals surface area contributed by atoms with Crippen molar-refractivity contribution in [3.63, 3.8) is 0 Å². The molecule has 6 rings (SSSR count). The van der Waals surface area contributed by atoms with Crippen LogP contribution in [-0.2, 0) is 27.8 Å². The zero-order chi connectivity index (χ0) is 28.4. The summed E-state index contributed by atoms with van der Waals surface area (Å²) in [5, 5.41) is 32.5. The maximum absolute atomic E-state index is 9.77. The van der Waals surface area contributed by atoms with Crippen LogP contribution in [0.2, 0.25) is 0 Å². The van der Waals surface area contributed by atoms with Crippen LogP contribution in [-0.4, -0.2) is 82.5 Å². The van der Waals surface area contributed by atoms with Crippen molar-refractivity contribution in [1.29, 1.82) is 0 Å². The summed E-state index contributed by atoms with van der Waals surface area (Å²) in [5.74, 6) is 0.0540. The third-order valence-corrected chi connectivity index (χ3v) is 9.09. The minimum absolute atomic E-state index is 0.348. The molecule has 1 saturated heterocycles. The number of methoxy groups -OCH3 is 1. The fraction of sp³-hybridized carbons (Fsp3) is 0.533. The van der Waals surface area contributed by atoms with Gasteiger partial charge in [-0.3, -0.25) is 4.90 Å². The van der Waals surface area contributed by atoms with Crippen LogP contribution in [0.3, 0.4) is 0 Å². The first-order valence-corrected chi connectivity index (χ1v) is 13.8. The van der Waals surface area contributed by atoms with Gasteiger partial charge in [-0.1, -0.05) is 25.0 Å². The Morgan fingerprint density at radius 2 is 1.77 bits per heavy atom. The van der Waals surface area contributed by atoms with E-state index < -0.39 is 24.1 Å². The number of aliphatic carboxylic acids is 2. The third kappa shape index (κ3) is 5.35. The number of benzene rings is 2. The van der Waals surface area contributed by atoms with E-state index in [1.165, 1.54) is 50.6 Å². The van der Waals surface area contributed by atoms with Crippen molar-refractivity contribution in [2.75, 3.05) is 27.0 Å². The number of carbonyl (C=O) groups is 2. The van der Waals surface area contributed by atoms with Gasteiger partial charge in [0.25, 0.3) is 0 Å². The lowest BCUT2D eigenvalue weighted by atomic mass is 9.52. The smallest absolute Gasteiger partial charge is 0.335 e. The van der Waals surface area contributed by atoms with Gasteiger partial charge in [-0.25, -0.2) is 9.59 Å². The molecular weight excluding hydrogens is 518 g/mol. The lowest BCUT2D eigenvalue weighted by Crippen LogP contribution is -2.61. The van der Waals surface area contributed by atoms with Crippen molar-refractivity contribution in [3.8, 4) is 17.2 Å². The molecule has 2 fully saturated rings. The van der Waals surface area contributed by atoms with Crippen molar-refractivity contribution >= 4 is 11.9 Å². The lowest BCUT2D eigenvalue weighted by molar-refractivity contribution is -0.165. The van der Waals surface area contributed by atoms with Crippen LogP contribution in [0.15, 0.2) is 36.4 Å². The van der Waals surface area contributed by atoms with E-state index in [-0.39, 0.29) is 0 Å². The number of likely N-dealkylation sites (tertiary alicyclic amines) is 1. The quantitative estimate of drug-likeness (QED) is 0.402. The molecule has 0 unspecified atom stereocenters. The average molecular weight is 556 g/mol. The number of aliphatic hydroxyl groups excluding tert-OH is 2. The second-order valence-corrected chi connectivity index (χ2v) is 11.1. The molecule has 0 radical (unpaired) electrons. The summed E-state index contributed by atoms with van der Waals surface area (Å²) in [4.78, 5) is 22.3. The molecule has 2 heterocycles. The van der Waals surface area contributed by atoms with Gasteiger partial charge >= 0.3 is 11.9 Å². The molecule has 10 heteroatoms. The van der Waals surface area contributed by atoms with Gasteiger partial charge in [0.2, 0.25) is 6.79 Å². The molecule has 2 aromatic rings. The third-order valence-electron chi connectivity index (χ3n) is 9.09. The normalized spacial score (nSPS) is 25.9. The summed E-state index contributed by atoms with van der Waals surface area (Å²) >= 11 is 0. The Morgan fingerprint density at radius 3 is 2.50 bits per heavy atom. The maximum Gasteiger partial charge on any atom is 0.335 e. The highest BCUT2D eigenvalue weighted by Crippen LogP contribution is 2.56. The summed E-state index contributed by atoms with van der Waals surface area (Å²) in [6.45, 7) is 2.69. The van der Waals surface area contributed by atoms with E-state index in [1.54, 1.807) is 18.2 Å². The van der Waals surface area contributed by atoms with Gasteiger partial charge in [0, 0.05) is 18.0 Å². The Kier molecular flexibility index (Phi) is 8.21. The van der Waals surface area contributed by atoms with Crippen LogP contribution in [0, 0.1) is 5.92 Å². The first kappa shape index (κ1) is 28.2. The molecule has 5 atom stereocenters. The predicted octanol–water partition coefficient (Wildman–Crippen LogP) is 2.60. The highest BCUT2D eigenvalue weighted by atomic mass is 16.7. The van der Waals surface area contributed by atoms with E-state index in [0.29, 0.717) is 18.2 Å². The van der Waals surface area contributed by atoms with Crippen LogP contribution in [0.5, 0.6) is 17.2 Å². The number of aliphatic hydroxyl groups is 2. The molecule has 0 aromatic heterocycles. The molecule has 40 heavy (non-hydrogen) atoms. The number of piperidine rings is 1. The first-order chi connectivity index (χ1) is 19.2. The molecular formula is C30H37NO9. The van der Waals surface area contributed by atoms with Gasteiger partial charge < -0.3 is 34.6 Å². The summed E-state index contributed by atoms with van der Waals surface area (Å²) in [7, 11) is 1.79. The molecule has 2 aliphatic heterocycles. The summed E-state index contributed by atoms with van der Waals surface area (Å²) in [6.07, 6.45) is 4.50. The largest absolute Gasteiger partial charge is 0.497 e. The molecule has 2 bridgehead atoms. The molecule has 4 N–H and O–H groups in total. The first-order valence-electron chi connectivity index (χ1n) is 13.8. The Labute approximate surface area is 233 Å². The summed E-state index contributed by atoms with van der Waals surface area (Å²) < 4.78 is 16.7. The monoisotopic (exact) mass is 555 g/mol. The molecule has 2 aromatic carbocycles. The Balaban J connectivity index is 0.000000279. The molecule has 10 nitrogen and oxygen atoms in total. The number of hydrogen-bond acceptors (Lipinski definition) is 8. The van der Waals surface area contributed by atoms with Gasteiger partial charge in [-0.15, -0.1) is 0 Å². The summed E-state index contributed by atoms with van der Waals surface area (Å²) in [5.41, 5.74) is 4.89. The molecule has 1 saturated carbocycles. The molecule has 2 aliphatic carbocycles. The second kappa shape index (κ2) is 11.6. The number of fused-ring (bicyclic) bond motifs is 2. The highest BCUT2D eigenvalue weighted by molar-refractivity contribution is 5.83. The topological polar surface area (TPSA) is 146 Å².